The Kier molecular flexibility index (Phi) is 3.56. The standard InChI is InChI=1S/C12H11N3O4/c1-14-7-6-11(13-14)12(16)19-8-9-2-4-10(5-3-9)15(17)18/h2-7H,8H2,1H3. The van der Waals surface area contributed by atoms with E-state index in [1.165, 1.54) is 16.8 Å². The zero-order valence-electron chi connectivity index (χ0n) is 10.1. The number of nitro benzene ring substituents is 1. The first-order valence-corrected chi connectivity index (χ1v) is 5.46. The molecule has 0 saturated heterocycles. The zero-order valence-corrected chi connectivity index (χ0v) is 10.1. The number of esters is 1. The van der Waals surface area contributed by atoms with Crippen LogP contribution in [0.1, 0.15) is 16.1 Å². The summed E-state index contributed by atoms with van der Waals surface area (Å²) >= 11 is 0. The third-order valence-corrected chi connectivity index (χ3v) is 2.44. The Bertz CT molecular complexity index is 604. The molecule has 0 aliphatic heterocycles. The lowest BCUT2D eigenvalue weighted by molar-refractivity contribution is -0.384. The normalized spacial score (nSPS) is 10.2. The average molecular weight is 261 g/mol. The van der Waals surface area contributed by atoms with Crippen LogP contribution < -0.4 is 0 Å². The minimum Gasteiger partial charge on any atom is -0.456 e. The van der Waals surface area contributed by atoms with Crippen molar-refractivity contribution in [3.05, 3.63) is 57.9 Å². The van der Waals surface area contributed by atoms with Crippen molar-refractivity contribution in [3.63, 3.8) is 0 Å². The molecule has 1 heterocycles. The third kappa shape index (κ3) is 3.15. The number of nitro groups is 1. The first-order chi connectivity index (χ1) is 9.06. The number of rotatable bonds is 4. The molecule has 98 valence electrons. The SMILES string of the molecule is Cn1ccc(C(=O)OCc2ccc([N+](=O)[O-])cc2)n1. The quantitative estimate of drug-likeness (QED) is 0.474. The van der Waals surface area contributed by atoms with E-state index in [4.69, 9.17) is 4.74 Å². The Morgan fingerprint density at radius 1 is 1.37 bits per heavy atom. The van der Waals surface area contributed by atoms with Crippen molar-refractivity contribution in [3.8, 4) is 0 Å². The number of carbonyl (C=O) groups excluding carboxylic acids is 1. The van der Waals surface area contributed by atoms with Crippen LogP contribution in [0.3, 0.4) is 0 Å². The number of aromatic nitrogens is 2. The summed E-state index contributed by atoms with van der Waals surface area (Å²) in [4.78, 5) is 21.6. The van der Waals surface area contributed by atoms with E-state index in [2.05, 4.69) is 5.10 Å². The molecule has 1 aromatic heterocycles. The fourth-order valence-electron chi connectivity index (χ4n) is 1.46. The molecule has 0 amide bonds. The summed E-state index contributed by atoms with van der Waals surface area (Å²) in [6.07, 6.45) is 1.64. The molecule has 0 unspecified atom stereocenters. The van der Waals surface area contributed by atoms with Gasteiger partial charge in [-0.05, 0) is 23.8 Å². The number of benzene rings is 1. The molecule has 0 saturated carbocycles. The van der Waals surface area contributed by atoms with Gasteiger partial charge in [-0.25, -0.2) is 4.79 Å². The number of hydrogen-bond acceptors (Lipinski definition) is 5. The molecule has 0 aliphatic carbocycles. The summed E-state index contributed by atoms with van der Waals surface area (Å²) in [5.41, 5.74) is 0.902. The zero-order chi connectivity index (χ0) is 13.8. The molecule has 0 aliphatic rings. The molecular formula is C12H11N3O4. The largest absolute Gasteiger partial charge is 0.456 e. The van der Waals surface area contributed by atoms with E-state index in [1.807, 2.05) is 0 Å². The maximum atomic E-state index is 11.6. The van der Waals surface area contributed by atoms with E-state index in [-0.39, 0.29) is 18.0 Å². The van der Waals surface area contributed by atoms with Gasteiger partial charge in [-0.3, -0.25) is 14.8 Å². The van der Waals surface area contributed by atoms with Crippen molar-refractivity contribution >= 4 is 11.7 Å². The van der Waals surface area contributed by atoms with E-state index in [0.29, 0.717) is 5.56 Å². The second-order valence-corrected chi connectivity index (χ2v) is 3.87. The van der Waals surface area contributed by atoms with Gasteiger partial charge in [0.25, 0.3) is 5.69 Å². The monoisotopic (exact) mass is 261 g/mol. The van der Waals surface area contributed by atoms with Gasteiger partial charge in [0, 0.05) is 25.4 Å². The van der Waals surface area contributed by atoms with E-state index < -0.39 is 10.9 Å². The van der Waals surface area contributed by atoms with Gasteiger partial charge in [0.05, 0.1) is 4.92 Å². The summed E-state index contributed by atoms with van der Waals surface area (Å²) in [6, 6.07) is 7.37. The molecule has 0 spiro atoms. The molecule has 0 atom stereocenters. The summed E-state index contributed by atoms with van der Waals surface area (Å²) in [6.45, 7) is 0.0490. The van der Waals surface area contributed by atoms with Crippen molar-refractivity contribution in [2.24, 2.45) is 7.05 Å². The van der Waals surface area contributed by atoms with Crippen molar-refractivity contribution in [2.45, 2.75) is 6.61 Å². The number of non-ortho nitro benzene ring substituents is 1. The smallest absolute Gasteiger partial charge is 0.359 e. The first kappa shape index (κ1) is 12.7. The van der Waals surface area contributed by atoms with Crippen molar-refractivity contribution < 1.29 is 14.5 Å². The van der Waals surface area contributed by atoms with Crippen LogP contribution in [0.5, 0.6) is 0 Å². The van der Waals surface area contributed by atoms with Crippen LogP contribution in [-0.2, 0) is 18.4 Å². The maximum absolute atomic E-state index is 11.6. The van der Waals surface area contributed by atoms with Crippen molar-refractivity contribution in [1.82, 2.24) is 9.78 Å². The Labute approximate surface area is 108 Å². The molecule has 7 nitrogen and oxygen atoms in total. The minimum absolute atomic E-state index is 0.000183. The number of aryl methyl sites for hydroxylation is 1. The lowest BCUT2D eigenvalue weighted by atomic mass is 10.2. The van der Waals surface area contributed by atoms with Gasteiger partial charge in [0.1, 0.15) is 6.61 Å². The van der Waals surface area contributed by atoms with Gasteiger partial charge in [0.15, 0.2) is 5.69 Å². The van der Waals surface area contributed by atoms with E-state index in [9.17, 15) is 14.9 Å². The summed E-state index contributed by atoms with van der Waals surface area (Å²) in [5.74, 6) is -0.529. The van der Waals surface area contributed by atoms with Crippen LogP contribution in [-0.4, -0.2) is 20.7 Å². The molecule has 0 fully saturated rings. The second kappa shape index (κ2) is 5.30. The van der Waals surface area contributed by atoms with Crippen LogP contribution in [0, 0.1) is 10.1 Å². The summed E-state index contributed by atoms with van der Waals surface area (Å²) < 4.78 is 6.55. The van der Waals surface area contributed by atoms with E-state index in [0.717, 1.165) is 0 Å². The Balaban J connectivity index is 1.95. The topological polar surface area (TPSA) is 87.3 Å². The lowest BCUT2D eigenvalue weighted by Crippen LogP contribution is -2.06. The van der Waals surface area contributed by atoms with Gasteiger partial charge in [-0.15, -0.1) is 0 Å². The molecule has 19 heavy (non-hydrogen) atoms. The van der Waals surface area contributed by atoms with Crippen LogP contribution in [0.4, 0.5) is 5.69 Å². The number of carbonyl (C=O) groups is 1. The molecule has 0 bridgehead atoms. The van der Waals surface area contributed by atoms with E-state index in [1.54, 1.807) is 31.4 Å². The highest BCUT2D eigenvalue weighted by molar-refractivity contribution is 5.86. The molecule has 2 rings (SSSR count). The predicted molar refractivity (Wildman–Crippen MR) is 65.4 cm³/mol. The Morgan fingerprint density at radius 3 is 2.58 bits per heavy atom. The van der Waals surface area contributed by atoms with Crippen LogP contribution in [0.15, 0.2) is 36.5 Å². The molecule has 7 heteroatoms. The molecule has 2 aromatic rings. The Morgan fingerprint density at radius 2 is 2.05 bits per heavy atom. The Hall–Kier alpha value is -2.70. The molecule has 0 radical (unpaired) electrons. The van der Waals surface area contributed by atoms with Gasteiger partial charge < -0.3 is 4.74 Å². The predicted octanol–water partition coefficient (Wildman–Crippen LogP) is 1.69. The fourth-order valence-corrected chi connectivity index (χ4v) is 1.46. The minimum atomic E-state index is -0.529. The average Bonchev–Trinajstić information content (AvgIpc) is 2.83. The first-order valence-electron chi connectivity index (χ1n) is 5.46. The summed E-state index contributed by atoms with van der Waals surface area (Å²) in [5, 5.41) is 14.4. The number of ether oxygens (including phenoxy) is 1. The summed E-state index contributed by atoms with van der Waals surface area (Å²) in [7, 11) is 1.70. The molecule has 1 aromatic carbocycles. The van der Waals surface area contributed by atoms with Crippen molar-refractivity contribution in [1.29, 1.82) is 0 Å². The van der Waals surface area contributed by atoms with Crippen LogP contribution in [0.2, 0.25) is 0 Å². The van der Waals surface area contributed by atoms with Gasteiger partial charge >= 0.3 is 5.97 Å². The number of hydrogen-bond donors (Lipinski definition) is 0. The van der Waals surface area contributed by atoms with Crippen molar-refractivity contribution in [2.75, 3.05) is 0 Å². The fraction of sp³-hybridized carbons (Fsp3) is 0.167. The van der Waals surface area contributed by atoms with Crippen LogP contribution >= 0.6 is 0 Å². The van der Waals surface area contributed by atoms with Gasteiger partial charge in [-0.1, -0.05) is 0 Å². The molecular weight excluding hydrogens is 250 g/mol. The van der Waals surface area contributed by atoms with Gasteiger partial charge in [-0.2, -0.15) is 5.10 Å². The maximum Gasteiger partial charge on any atom is 0.359 e. The second-order valence-electron chi connectivity index (χ2n) is 3.87. The third-order valence-electron chi connectivity index (χ3n) is 2.44. The van der Waals surface area contributed by atoms with Crippen LogP contribution in [0.25, 0.3) is 0 Å². The number of nitrogens with zero attached hydrogens (tertiary/aromatic N) is 3. The molecule has 0 N–H and O–H groups in total. The van der Waals surface area contributed by atoms with E-state index >= 15 is 0 Å². The highest BCUT2D eigenvalue weighted by Crippen LogP contribution is 2.13. The highest BCUT2D eigenvalue weighted by atomic mass is 16.6. The van der Waals surface area contributed by atoms with Gasteiger partial charge in [0.2, 0.25) is 0 Å². The highest BCUT2D eigenvalue weighted by Gasteiger charge is 2.11. The lowest BCUT2D eigenvalue weighted by Gasteiger charge is -2.02.